The van der Waals surface area contributed by atoms with Crippen molar-refractivity contribution in [2.75, 3.05) is 0 Å². The summed E-state index contributed by atoms with van der Waals surface area (Å²) in [6.07, 6.45) is 4.84. The fourth-order valence-electron chi connectivity index (χ4n) is 1.72. The number of aryl methyl sites for hydroxylation is 1. The highest BCUT2D eigenvalue weighted by Crippen LogP contribution is 2.11. The van der Waals surface area contributed by atoms with Gasteiger partial charge in [-0.05, 0) is 47.4 Å². The van der Waals surface area contributed by atoms with Crippen LogP contribution in [0.25, 0.3) is 0 Å². The van der Waals surface area contributed by atoms with E-state index in [9.17, 15) is 4.79 Å². The first-order chi connectivity index (χ1) is 8.75. The van der Waals surface area contributed by atoms with Gasteiger partial charge in [-0.2, -0.15) is 11.3 Å². The molecular weight excluding hydrogens is 244 g/mol. The average molecular weight is 260 g/mol. The first-order valence-electron chi connectivity index (χ1n) is 5.96. The lowest BCUT2D eigenvalue weighted by atomic mass is 10.1. The largest absolute Gasteiger partial charge is 0.350 e. The fourth-order valence-corrected chi connectivity index (χ4v) is 2.43. The van der Waals surface area contributed by atoms with E-state index in [1.54, 1.807) is 23.7 Å². The highest BCUT2D eigenvalue weighted by atomic mass is 32.1. The zero-order valence-electron chi connectivity index (χ0n) is 10.3. The minimum absolute atomic E-state index is 0.00803. The molecule has 0 aromatic carbocycles. The first kappa shape index (κ1) is 12.8. The van der Waals surface area contributed by atoms with Crippen LogP contribution in [0.3, 0.4) is 0 Å². The molecule has 2 rings (SSSR count). The van der Waals surface area contributed by atoms with Crippen LogP contribution in [0.5, 0.6) is 0 Å². The number of rotatable bonds is 5. The smallest absolute Gasteiger partial charge is 0.220 e. The summed E-state index contributed by atoms with van der Waals surface area (Å²) >= 11 is 1.66. The van der Waals surface area contributed by atoms with E-state index in [1.165, 1.54) is 5.56 Å². The lowest BCUT2D eigenvalue weighted by Gasteiger charge is -2.13. The van der Waals surface area contributed by atoms with Crippen molar-refractivity contribution >= 4 is 17.2 Å². The van der Waals surface area contributed by atoms with Crippen LogP contribution in [0, 0.1) is 0 Å². The summed E-state index contributed by atoms with van der Waals surface area (Å²) in [5.74, 6) is 0.0811. The van der Waals surface area contributed by atoms with Crippen LogP contribution in [0.1, 0.15) is 30.5 Å². The van der Waals surface area contributed by atoms with Crippen molar-refractivity contribution in [1.29, 1.82) is 0 Å². The molecule has 0 spiro atoms. The summed E-state index contributed by atoms with van der Waals surface area (Å²) < 4.78 is 0. The van der Waals surface area contributed by atoms with Crippen molar-refractivity contribution < 1.29 is 4.79 Å². The van der Waals surface area contributed by atoms with E-state index in [-0.39, 0.29) is 11.9 Å². The van der Waals surface area contributed by atoms with E-state index in [4.69, 9.17) is 0 Å². The highest BCUT2D eigenvalue weighted by molar-refractivity contribution is 7.07. The van der Waals surface area contributed by atoms with Crippen LogP contribution in [0.2, 0.25) is 0 Å². The topological polar surface area (TPSA) is 42.0 Å². The van der Waals surface area contributed by atoms with Crippen LogP contribution in [0.15, 0.2) is 41.4 Å². The Morgan fingerprint density at radius 2 is 2.39 bits per heavy atom. The lowest BCUT2D eigenvalue weighted by molar-refractivity contribution is -0.121. The molecule has 0 fully saturated rings. The van der Waals surface area contributed by atoms with Crippen molar-refractivity contribution in [3.05, 3.63) is 52.5 Å². The molecule has 0 radical (unpaired) electrons. The van der Waals surface area contributed by atoms with Gasteiger partial charge in [0, 0.05) is 18.8 Å². The summed E-state index contributed by atoms with van der Waals surface area (Å²) in [5.41, 5.74) is 2.26. The Morgan fingerprint density at radius 1 is 1.50 bits per heavy atom. The van der Waals surface area contributed by atoms with E-state index >= 15 is 0 Å². The van der Waals surface area contributed by atoms with Gasteiger partial charge < -0.3 is 5.32 Å². The summed E-state index contributed by atoms with van der Waals surface area (Å²) in [4.78, 5) is 15.8. The zero-order valence-corrected chi connectivity index (χ0v) is 11.1. The summed E-state index contributed by atoms with van der Waals surface area (Å²) in [6.45, 7) is 1.97. The molecule has 1 atom stereocenters. The average Bonchev–Trinajstić information content (AvgIpc) is 2.90. The third-order valence-corrected chi connectivity index (χ3v) is 3.51. The van der Waals surface area contributed by atoms with Crippen molar-refractivity contribution in [2.45, 2.75) is 25.8 Å². The first-order valence-corrected chi connectivity index (χ1v) is 6.90. The van der Waals surface area contributed by atoms with Crippen LogP contribution >= 0.6 is 11.3 Å². The maximum Gasteiger partial charge on any atom is 0.220 e. The monoisotopic (exact) mass is 260 g/mol. The number of carbonyl (C=O) groups is 1. The van der Waals surface area contributed by atoms with Gasteiger partial charge in [-0.3, -0.25) is 9.78 Å². The Morgan fingerprint density at radius 3 is 3.06 bits per heavy atom. The normalized spacial score (nSPS) is 12.1. The molecule has 94 valence electrons. The van der Waals surface area contributed by atoms with Gasteiger partial charge >= 0.3 is 0 Å². The minimum atomic E-state index is 0.00803. The molecule has 1 N–H and O–H groups in total. The maximum atomic E-state index is 11.8. The van der Waals surface area contributed by atoms with E-state index < -0.39 is 0 Å². The predicted molar refractivity (Wildman–Crippen MR) is 73.4 cm³/mol. The number of amides is 1. The molecule has 0 aliphatic heterocycles. The number of pyridine rings is 1. The Bertz CT molecular complexity index is 482. The molecule has 0 saturated heterocycles. The van der Waals surface area contributed by atoms with Crippen molar-refractivity contribution in [1.82, 2.24) is 10.3 Å². The second-order valence-corrected chi connectivity index (χ2v) is 4.99. The fraction of sp³-hybridized carbons (Fsp3) is 0.286. The molecule has 1 amide bonds. The van der Waals surface area contributed by atoms with Gasteiger partial charge in [0.05, 0.1) is 6.04 Å². The van der Waals surface area contributed by atoms with Crippen LogP contribution in [-0.2, 0) is 11.2 Å². The predicted octanol–water partition coefficient (Wildman–Crippen LogP) is 2.95. The van der Waals surface area contributed by atoms with Gasteiger partial charge in [0.2, 0.25) is 5.91 Å². The molecule has 1 unspecified atom stereocenters. The summed E-state index contributed by atoms with van der Waals surface area (Å²) in [6, 6.07) is 5.91. The van der Waals surface area contributed by atoms with E-state index in [1.807, 2.05) is 24.4 Å². The SMILES string of the molecule is CC(NC(=O)CCc1ccsc1)c1cccnc1. The molecule has 2 heterocycles. The maximum absolute atomic E-state index is 11.8. The van der Waals surface area contributed by atoms with E-state index in [0.29, 0.717) is 6.42 Å². The van der Waals surface area contributed by atoms with Crippen molar-refractivity contribution in [2.24, 2.45) is 0 Å². The van der Waals surface area contributed by atoms with Gasteiger partial charge in [-0.1, -0.05) is 6.07 Å². The molecule has 0 aliphatic carbocycles. The number of thiophene rings is 1. The minimum Gasteiger partial charge on any atom is -0.350 e. The van der Waals surface area contributed by atoms with Gasteiger partial charge in [0.1, 0.15) is 0 Å². The Labute approximate surface area is 111 Å². The Balaban J connectivity index is 1.80. The van der Waals surface area contributed by atoms with Gasteiger partial charge in [-0.15, -0.1) is 0 Å². The van der Waals surface area contributed by atoms with Gasteiger partial charge in [-0.25, -0.2) is 0 Å². The molecule has 3 nitrogen and oxygen atoms in total. The number of hydrogen-bond acceptors (Lipinski definition) is 3. The number of hydrogen-bond donors (Lipinski definition) is 1. The van der Waals surface area contributed by atoms with Crippen LogP contribution in [0.4, 0.5) is 0 Å². The van der Waals surface area contributed by atoms with E-state index in [0.717, 1.165) is 12.0 Å². The Hall–Kier alpha value is -1.68. The van der Waals surface area contributed by atoms with Gasteiger partial charge in [0.25, 0.3) is 0 Å². The number of aromatic nitrogens is 1. The Kier molecular flexibility index (Phi) is 4.47. The number of nitrogens with one attached hydrogen (secondary N) is 1. The second kappa shape index (κ2) is 6.31. The third kappa shape index (κ3) is 3.67. The summed E-state index contributed by atoms with van der Waals surface area (Å²) in [5, 5.41) is 7.10. The molecule has 18 heavy (non-hydrogen) atoms. The van der Waals surface area contributed by atoms with Crippen molar-refractivity contribution in [3.8, 4) is 0 Å². The van der Waals surface area contributed by atoms with Crippen LogP contribution in [-0.4, -0.2) is 10.9 Å². The molecule has 0 saturated carbocycles. The molecule has 2 aromatic heterocycles. The molecule has 0 aliphatic rings. The molecular formula is C14H16N2OS. The zero-order chi connectivity index (χ0) is 12.8. The number of nitrogens with zero attached hydrogens (tertiary/aromatic N) is 1. The molecule has 2 aromatic rings. The van der Waals surface area contributed by atoms with Crippen LogP contribution < -0.4 is 5.32 Å². The quantitative estimate of drug-likeness (QED) is 0.898. The second-order valence-electron chi connectivity index (χ2n) is 4.21. The van der Waals surface area contributed by atoms with Gasteiger partial charge in [0.15, 0.2) is 0 Å². The highest BCUT2D eigenvalue weighted by Gasteiger charge is 2.09. The standard InChI is InChI=1S/C14H16N2OS/c1-11(13-3-2-7-15-9-13)16-14(17)5-4-12-6-8-18-10-12/h2-3,6-11H,4-5H2,1H3,(H,16,17). The molecule has 0 bridgehead atoms. The summed E-state index contributed by atoms with van der Waals surface area (Å²) in [7, 11) is 0. The van der Waals surface area contributed by atoms with E-state index in [2.05, 4.69) is 21.7 Å². The molecule has 4 heteroatoms. The third-order valence-electron chi connectivity index (χ3n) is 2.78. The van der Waals surface area contributed by atoms with Crippen molar-refractivity contribution in [3.63, 3.8) is 0 Å². The number of carbonyl (C=O) groups excluding carboxylic acids is 1. The lowest BCUT2D eigenvalue weighted by Crippen LogP contribution is -2.26.